The van der Waals surface area contributed by atoms with Crippen molar-refractivity contribution in [1.29, 1.82) is 0 Å². The molecule has 0 bridgehead atoms. The molecule has 0 spiro atoms. The molecule has 0 unspecified atom stereocenters. The van der Waals surface area contributed by atoms with Gasteiger partial charge >= 0.3 is 0 Å². The summed E-state index contributed by atoms with van der Waals surface area (Å²) in [5.74, 6) is 1.09. The maximum Gasteiger partial charge on any atom is 0.262 e. The van der Waals surface area contributed by atoms with Crippen LogP contribution in [0.15, 0.2) is 41.3 Å². The highest BCUT2D eigenvalue weighted by Gasteiger charge is 2.32. The zero-order chi connectivity index (χ0) is 24.2. The lowest BCUT2D eigenvalue weighted by molar-refractivity contribution is -0.118. The monoisotopic (exact) mass is 476 g/mol. The number of benzene rings is 2. The highest BCUT2D eigenvalue weighted by molar-refractivity contribution is 7.89. The number of hydrogen-bond donors (Lipinski definition) is 1. The van der Waals surface area contributed by atoms with Gasteiger partial charge in [0.15, 0.2) is 18.1 Å². The lowest BCUT2D eigenvalue weighted by atomic mass is 10.0. The van der Waals surface area contributed by atoms with E-state index in [2.05, 4.69) is 5.32 Å². The highest BCUT2D eigenvalue weighted by atomic mass is 32.2. The zero-order valence-electron chi connectivity index (χ0n) is 19.8. The van der Waals surface area contributed by atoms with Crippen molar-refractivity contribution in [2.45, 2.75) is 51.5 Å². The molecule has 0 saturated heterocycles. The number of carbonyl (C=O) groups excluding carboxylic acids is 1. The molecule has 0 saturated carbocycles. The van der Waals surface area contributed by atoms with Crippen LogP contribution in [0.2, 0.25) is 0 Å². The van der Waals surface area contributed by atoms with Crippen molar-refractivity contribution in [3.63, 3.8) is 0 Å². The van der Waals surface area contributed by atoms with Crippen LogP contribution in [0, 0.1) is 0 Å². The number of fused-ring (bicyclic) bond motifs is 1. The Hall–Kier alpha value is -2.78. The number of para-hydroxylation sites is 1. The minimum absolute atomic E-state index is 0.0855. The normalized spacial score (nSPS) is 14.5. The molecule has 1 amide bonds. The minimum Gasteiger partial charge on any atom is -0.492 e. The van der Waals surface area contributed by atoms with Gasteiger partial charge in [0.25, 0.3) is 5.91 Å². The van der Waals surface area contributed by atoms with Crippen molar-refractivity contribution in [2.24, 2.45) is 0 Å². The number of amides is 1. The average molecular weight is 477 g/mol. The molecule has 2 aromatic rings. The molecule has 8 nitrogen and oxygen atoms in total. The smallest absolute Gasteiger partial charge is 0.262 e. The van der Waals surface area contributed by atoms with E-state index in [0.717, 1.165) is 12.0 Å². The zero-order valence-corrected chi connectivity index (χ0v) is 20.6. The van der Waals surface area contributed by atoms with Crippen LogP contribution in [-0.4, -0.2) is 50.5 Å². The minimum atomic E-state index is -3.69. The number of ether oxygens (including phenoxy) is 3. The van der Waals surface area contributed by atoms with Crippen LogP contribution >= 0.6 is 0 Å². The Morgan fingerprint density at radius 2 is 1.82 bits per heavy atom. The van der Waals surface area contributed by atoms with Crippen LogP contribution in [0.5, 0.6) is 17.2 Å². The molecule has 2 aromatic carbocycles. The molecular formula is C24H32N2O6S. The third-order valence-corrected chi connectivity index (χ3v) is 7.33. The molecule has 33 heavy (non-hydrogen) atoms. The first-order valence-electron chi connectivity index (χ1n) is 11.1. The number of hydrogen-bond acceptors (Lipinski definition) is 6. The van der Waals surface area contributed by atoms with E-state index in [4.69, 9.17) is 14.2 Å². The second-order valence-electron chi connectivity index (χ2n) is 8.30. The van der Waals surface area contributed by atoms with Gasteiger partial charge in [-0.25, -0.2) is 8.42 Å². The van der Waals surface area contributed by atoms with Crippen molar-refractivity contribution in [2.75, 3.05) is 31.6 Å². The maximum absolute atomic E-state index is 12.9. The topological polar surface area (TPSA) is 94.2 Å². The van der Waals surface area contributed by atoms with Crippen LogP contribution in [-0.2, 0) is 21.2 Å². The summed E-state index contributed by atoms with van der Waals surface area (Å²) >= 11 is 0. The third-order valence-electron chi connectivity index (χ3n) is 5.28. The average Bonchev–Trinajstić information content (AvgIpc) is 3.08. The van der Waals surface area contributed by atoms with Gasteiger partial charge in [-0.15, -0.1) is 0 Å². The fourth-order valence-electron chi connectivity index (χ4n) is 3.79. The van der Waals surface area contributed by atoms with E-state index in [1.54, 1.807) is 26.0 Å². The number of nitrogens with one attached hydrogen (secondary N) is 1. The lowest BCUT2D eigenvalue weighted by Gasteiger charge is -2.20. The Balaban J connectivity index is 1.77. The van der Waals surface area contributed by atoms with Crippen LogP contribution in [0.1, 0.15) is 40.2 Å². The number of carbonyl (C=O) groups is 1. The summed E-state index contributed by atoms with van der Waals surface area (Å²) in [4.78, 5) is 12.8. The van der Waals surface area contributed by atoms with E-state index in [1.807, 2.05) is 32.9 Å². The molecule has 0 fully saturated rings. The SMILES string of the molecule is CCOc1ccc(S(=O)(=O)N(CC)CC)cc1NC(=O)COc1cccc2c1OC(C)(C)C2. The van der Waals surface area contributed by atoms with Gasteiger partial charge in [-0.3, -0.25) is 4.79 Å². The van der Waals surface area contributed by atoms with Crippen LogP contribution in [0.4, 0.5) is 5.69 Å². The van der Waals surface area contributed by atoms with Crippen molar-refractivity contribution < 1.29 is 27.4 Å². The van der Waals surface area contributed by atoms with Crippen molar-refractivity contribution in [1.82, 2.24) is 4.31 Å². The first-order chi connectivity index (χ1) is 15.6. The van der Waals surface area contributed by atoms with Gasteiger partial charge in [0.2, 0.25) is 10.0 Å². The molecule has 0 aromatic heterocycles. The van der Waals surface area contributed by atoms with E-state index < -0.39 is 15.9 Å². The summed E-state index contributed by atoms with van der Waals surface area (Å²) in [6.07, 6.45) is 0.761. The largest absolute Gasteiger partial charge is 0.492 e. The van der Waals surface area contributed by atoms with Gasteiger partial charge in [0.05, 0.1) is 17.2 Å². The van der Waals surface area contributed by atoms with Gasteiger partial charge in [-0.05, 0) is 45.0 Å². The molecule has 1 aliphatic rings. The molecule has 1 aliphatic heterocycles. The van der Waals surface area contributed by atoms with Gasteiger partial charge in [0.1, 0.15) is 11.4 Å². The molecule has 0 aliphatic carbocycles. The van der Waals surface area contributed by atoms with E-state index >= 15 is 0 Å². The third kappa shape index (κ3) is 5.59. The Bertz CT molecular complexity index is 1110. The number of sulfonamides is 1. The molecule has 3 rings (SSSR count). The second kappa shape index (κ2) is 10.0. The Kier molecular flexibility index (Phi) is 7.54. The predicted octanol–water partition coefficient (Wildman–Crippen LogP) is 3.85. The maximum atomic E-state index is 12.9. The number of anilines is 1. The van der Waals surface area contributed by atoms with Crippen molar-refractivity contribution in [3.05, 3.63) is 42.0 Å². The van der Waals surface area contributed by atoms with Crippen LogP contribution in [0.3, 0.4) is 0 Å². The van der Waals surface area contributed by atoms with E-state index in [-0.39, 0.29) is 22.8 Å². The summed E-state index contributed by atoms with van der Waals surface area (Å²) in [6.45, 7) is 10.2. The number of nitrogens with zero attached hydrogens (tertiary/aromatic N) is 1. The Morgan fingerprint density at radius 1 is 1.09 bits per heavy atom. The summed E-state index contributed by atoms with van der Waals surface area (Å²) < 4.78 is 44.5. The predicted molar refractivity (Wildman–Crippen MR) is 127 cm³/mol. The fraction of sp³-hybridized carbons (Fsp3) is 0.458. The number of rotatable bonds is 10. The van der Waals surface area contributed by atoms with Crippen LogP contribution in [0.25, 0.3) is 0 Å². The molecule has 1 heterocycles. The van der Waals surface area contributed by atoms with Gasteiger partial charge < -0.3 is 19.5 Å². The van der Waals surface area contributed by atoms with Gasteiger partial charge in [0, 0.05) is 25.1 Å². The second-order valence-corrected chi connectivity index (χ2v) is 10.2. The Morgan fingerprint density at radius 3 is 2.48 bits per heavy atom. The van der Waals surface area contributed by atoms with Gasteiger partial charge in [-0.2, -0.15) is 4.31 Å². The fourth-order valence-corrected chi connectivity index (χ4v) is 5.28. The van der Waals surface area contributed by atoms with Crippen LogP contribution < -0.4 is 19.5 Å². The lowest BCUT2D eigenvalue weighted by Crippen LogP contribution is -2.30. The first-order valence-corrected chi connectivity index (χ1v) is 12.6. The summed E-state index contributed by atoms with van der Waals surface area (Å²) in [6, 6.07) is 10.1. The molecular weight excluding hydrogens is 444 g/mol. The quantitative estimate of drug-likeness (QED) is 0.560. The van der Waals surface area contributed by atoms with Gasteiger partial charge in [-0.1, -0.05) is 26.0 Å². The Labute approximate surface area is 195 Å². The molecule has 180 valence electrons. The molecule has 9 heteroatoms. The van der Waals surface area contributed by atoms with Crippen molar-refractivity contribution in [3.8, 4) is 17.2 Å². The highest BCUT2D eigenvalue weighted by Crippen LogP contribution is 2.41. The molecule has 0 atom stereocenters. The molecule has 0 radical (unpaired) electrons. The molecule has 1 N–H and O–H groups in total. The van der Waals surface area contributed by atoms with Crippen molar-refractivity contribution >= 4 is 21.6 Å². The summed E-state index contributed by atoms with van der Waals surface area (Å²) in [5, 5.41) is 2.72. The first kappa shape index (κ1) is 24.9. The summed E-state index contributed by atoms with van der Waals surface area (Å²) in [5.41, 5.74) is 0.980. The standard InChI is InChI=1S/C24H32N2O6S/c1-6-26(7-2)33(28,29)18-12-13-20(30-8-3)19(14-18)25-22(27)16-31-21-11-9-10-17-15-24(4,5)32-23(17)21/h9-14H,6-8,15-16H2,1-5H3,(H,25,27). The van der Waals surface area contributed by atoms with E-state index in [9.17, 15) is 13.2 Å². The van der Waals surface area contributed by atoms with E-state index in [1.165, 1.54) is 16.4 Å². The summed E-state index contributed by atoms with van der Waals surface area (Å²) in [7, 11) is -3.69. The van der Waals surface area contributed by atoms with E-state index in [0.29, 0.717) is 36.9 Å².